The highest BCUT2D eigenvalue weighted by atomic mass is 79.9. The molecule has 3 aliphatic heterocycles. The van der Waals surface area contributed by atoms with Gasteiger partial charge in [0.2, 0.25) is 17.8 Å². The minimum absolute atomic E-state index is 0.219. The molecule has 1 atom stereocenters. The number of pyridine rings is 1. The second-order valence-electron chi connectivity index (χ2n) is 18.5. The number of aryl methyl sites for hydroxylation is 3. The Morgan fingerprint density at radius 3 is 2.37 bits per heavy atom. The molecule has 0 saturated carbocycles. The smallest absolute Gasteiger partial charge is 0.329 e. The highest BCUT2D eigenvalue weighted by molar-refractivity contribution is 9.10. The topological polar surface area (TPSA) is 172 Å². The number of piperazine rings is 1. The monoisotopic (exact) mass is 1010 g/mol. The fraction of sp³-hybridized carbons (Fsp3) is 0.440. The number of nitrogens with one attached hydrogen (secondary N) is 3. The van der Waals surface area contributed by atoms with E-state index in [2.05, 4.69) is 83.6 Å². The lowest BCUT2D eigenvalue weighted by molar-refractivity contribution is -0.135. The number of aromatic nitrogens is 5. The molecule has 3 aromatic carbocycles. The number of anilines is 5. The number of imide groups is 1. The van der Waals surface area contributed by atoms with Gasteiger partial charge in [0, 0.05) is 99.7 Å². The van der Waals surface area contributed by atoms with E-state index in [0.29, 0.717) is 40.1 Å². The van der Waals surface area contributed by atoms with Crippen molar-refractivity contribution < 1.29 is 18.9 Å². The number of fused-ring (bicyclic) bond motifs is 2. The molecule has 9 rings (SSSR count). The van der Waals surface area contributed by atoms with Crippen molar-refractivity contribution in [2.45, 2.75) is 70.9 Å². The maximum Gasteiger partial charge on any atom is 0.329 e. The van der Waals surface area contributed by atoms with E-state index in [1.807, 2.05) is 36.4 Å². The Kier molecular flexibility index (Phi) is 13.8. The first-order valence-electron chi connectivity index (χ1n) is 23.7. The molecule has 3 saturated heterocycles. The lowest BCUT2D eigenvalue weighted by Gasteiger charge is -2.43. The van der Waals surface area contributed by atoms with Crippen LogP contribution in [0.25, 0.3) is 21.9 Å². The molecule has 6 aromatic rings. The number of ether oxygens (including phenoxy) is 1. The number of benzene rings is 3. The van der Waals surface area contributed by atoms with Gasteiger partial charge in [0.15, 0.2) is 0 Å². The Balaban J connectivity index is 0.820. The molecule has 18 heteroatoms. The van der Waals surface area contributed by atoms with Crippen LogP contribution in [0.1, 0.15) is 62.4 Å². The van der Waals surface area contributed by atoms with Crippen LogP contribution in [0.3, 0.4) is 0 Å². The van der Waals surface area contributed by atoms with Gasteiger partial charge in [-0.15, -0.1) is 0 Å². The van der Waals surface area contributed by atoms with Gasteiger partial charge in [-0.3, -0.25) is 33.9 Å². The molecular formula is C50H61BrN11O5P. The molecule has 68 heavy (non-hydrogen) atoms. The summed E-state index contributed by atoms with van der Waals surface area (Å²) in [6.07, 6.45) is 6.86. The quantitative estimate of drug-likeness (QED) is 0.0746. The number of carbonyl (C=O) groups is 2. The first kappa shape index (κ1) is 47.5. The third-order valence-corrected chi connectivity index (χ3v) is 16.1. The molecule has 0 radical (unpaired) electrons. The van der Waals surface area contributed by atoms with Gasteiger partial charge in [-0.2, -0.15) is 4.98 Å². The largest absolute Gasteiger partial charge is 0.494 e. The van der Waals surface area contributed by atoms with Crippen LogP contribution in [0.5, 0.6) is 5.75 Å². The van der Waals surface area contributed by atoms with Crippen molar-refractivity contribution in [2.75, 3.05) is 81.8 Å². The molecule has 6 heterocycles. The predicted molar refractivity (Wildman–Crippen MR) is 274 cm³/mol. The maximum atomic E-state index is 13.7. The van der Waals surface area contributed by atoms with Crippen molar-refractivity contribution in [3.8, 4) is 5.75 Å². The zero-order chi connectivity index (χ0) is 47.9. The van der Waals surface area contributed by atoms with Crippen LogP contribution in [0.4, 0.5) is 28.8 Å². The minimum atomic E-state index is -2.74. The van der Waals surface area contributed by atoms with E-state index in [-0.39, 0.29) is 18.0 Å². The number of carbonyl (C=O) groups excluding carboxylic acids is 2. The Morgan fingerprint density at radius 1 is 0.882 bits per heavy atom. The van der Waals surface area contributed by atoms with Crippen molar-refractivity contribution in [3.63, 3.8) is 0 Å². The average molecular weight is 1010 g/mol. The zero-order valence-electron chi connectivity index (χ0n) is 39.8. The highest BCUT2D eigenvalue weighted by Crippen LogP contribution is 2.42. The van der Waals surface area contributed by atoms with Gasteiger partial charge in [-0.1, -0.05) is 32.0 Å². The Labute approximate surface area is 405 Å². The molecule has 3 N–H and O–H groups in total. The van der Waals surface area contributed by atoms with Gasteiger partial charge in [-0.25, -0.2) is 9.78 Å². The first-order valence-corrected chi connectivity index (χ1v) is 27.1. The van der Waals surface area contributed by atoms with Gasteiger partial charge in [0.05, 0.1) is 39.5 Å². The standard InChI is InChI=1S/C50H61BrN11O5P/c1-7-31-28-39(55-49-52-30-36(51)47(57-49)54-38-15-14-37-35(46(38)68(5,6)66)13-12-33(8-2)53-37)43(67-4)29-42(31)61-22-19-34(20-23-61)60-26-24-59(25-27-60)21-18-32-10-9-11-40-45(32)58(3)50(65)62(40)41-16-17-44(63)56-48(41)64/h9-15,28-30,34,41H,7-8,16-27H2,1-6H3,(H,56,63,64)(H2,52,54,55,57). The van der Waals surface area contributed by atoms with Crippen LogP contribution in [0, 0.1) is 0 Å². The number of amides is 2. The number of hydrogen-bond donors (Lipinski definition) is 3. The Hall–Kier alpha value is -5.61. The normalized spacial score (nSPS) is 17.8. The summed E-state index contributed by atoms with van der Waals surface area (Å²) in [5, 5.41) is 10.9. The molecular weight excluding hydrogens is 945 g/mol. The molecule has 2 amide bonds. The number of rotatable bonds is 14. The number of halogens is 1. The summed E-state index contributed by atoms with van der Waals surface area (Å²) in [5.74, 6) is 0.921. The number of nitrogens with zero attached hydrogens (tertiary/aromatic N) is 8. The second-order valence-corrected chi connectivity index (χ2v) is 22.5. The molecule has 0 aliphatic carbocycles. The molecule has 3 fully saturated rings. The maximum absolute atomic E-state index is 13.7. The molecule has 16 nitrogen and oxygen atoms in total. The van der Waals surface area contributed by atoms with E-state index < -0.39 is 19.1 Å². The summed E-state index contributed by atoms with van der Waals surface area (Å²) < 4.78 is 23.6. The van der Waals surface area contributed by atoms with E-state index in [9.17, 15) is 18.9 Å². The minimum Gasteiger partial charge on any atom is -0.494 e. The Morgan fingerprint density at radius 2 is 1.66 bits per heavy atom. The second kappa shape index (κ2) is 19.8. The highest BCUT2D eigenvalue weighted by Gasteiger charge is 2.33. The van der Waals surface area contributed by atoms with E-state index >= 15 is 0 Å². The predicted octanol–water partition coefficient (Wildman–Crippen LogP) is 7.12. The van der Waals surface area contributed by atoms with Crippen molar-refractivity contribution >= 4 is 91.0 Å². The van der Waals surface area contributed by atoms with Gasteiger partial charge in [0.25, 0.3) is 0 Å². The lowest BCUT2D eigenvalue weighted by atomic mass is 9.99. The molecule has 3 aliphatic rings. The van der Waals surface area contributed by atoms with Crippen molar-refractivity contribution in [1.82, 2.24) is 39.2 Å². The first-order chi connectivity index (χ1) is 32.7. The molecule has 0 bridgehead atoms. The van der Waals surface area contributed by atoms with Crippen LogP contribution in [-0.4, -0.2) is 118 Å². The Bertz CT molecular complexity index is 3010. The number of piperidine rings is 2. The van der Waals surface area contributed by atoms with Crippen LogP contribution < -0.4 is 36.6 Å². The molecule has 3 aromatic heterocycles. The third kappa shape index (κ3) is 9.54. The summed E-state index contributed by atoms with van der Waals surface area (Å²) in [7, 11) is 0.715. The van der Waals surface area contributed by atoms with Crippen LogP contribution in [0.2, 0.25) is 0 Å². The van der Waals surface area contributed by atoms with Crippen molar-refractivity contribution in [2.24, 2.45) is 7.05 Å². The van der Waals surface area contributed by atoms with E-state index in [0.717, 1.165) is 122 Å². The molecule has 358 valence electrons. The number of imidazole rings is 1. The fourth-order valence-electron chi connectivity index (χ4n) is 10.4. The van der Waals surface area contributed by atoms with Gasteiger partial charge in [-0.05, 0) is 109 Å². The third-order valence-electron chi connectivity index (χ3n) is 14.0. The van der Waals surface area contributed by atoms with E-state index in [1.165, 1.54) is 11.3 Å². The number of para-hydroxylation sites is 1. The zero-order valence-corrected chi connectivity index (χ0v) is 42.3. The van der Waals surface area contributed by atoms with Crippen molar-refractivity contribution in [3.05, 3.63) is 92.6 Å². The van der Waals surface area contributed by atoms with E-state index in [4.69, 9.17) is 14.7 Å². The van der Waals surface area contributed by atoms with Crippen molar-refractivity contribution in [1.29, 1.82) is 0 Å². The number of hydrogen-bond acceptors (Lipinski definition) is 13. The summed E-state index contributed by atoms with van der Waals surface area (Å²) in [4.78, 5) is 59.9. The molecule has 0 spiro atoms. The van der Waals surface area contributed by atoms with E-state index in [1.54, 1.807) is 42.8 Å². The molecule has 1 unspecified atom stereocenters. The summed E-state index contributed by atoms with van der Waals surface area (Å²) in [6.45, 7) is 14.6. The van der Waals surface area contributed by atoms with Gasteiger partial charge < -0.3 is 29.7 Å². The SMILES string of the molecule is CCc1ccc2c(P(C)(C)=O)c(Nc3nc(Nc4cc(CC)c(N5CCC(N6CCN(CCc7cccc8c7n(C)c(=O)n8C7CCC(=O)NC7=O)CC6)CC5)cc4OC)ncc3Br)ccc2n1. The van der Waals surface area contributed by atoms with Gasteiger partial charge in [0.1, 0.15) is 24.8 Å². The summed E-state index contributed by atoms with van der Waals surface area (Å²) >= 11 is 3.63. The van der Waals surface area contributed by atoms with Gasteiger partial charge >= 0.3 is 5.69 Å². The van der Waals surface area contributed by atoms with Crippen LogP contribution in [-0.2, 0) is 40.5 Å². The fourth-order valence-corrected chi connectivity index (χ4v) is 12.2. The average Bonchev–Trinajstić information content (AvgIpc) is 3.59. The number of methoxy groups -OCH3 is 1. The van der Waals surface area contributed by atoms with Crippen LogP contribution >= 0.6 is 23.1 Å². The summed E-state index contributed by atoms with van der Waals surface area (Å²) in [6, 6.07) is 18.0. The van der Waals surface area contributed by atoms with Crippen LogP contribution in [0.15, 0.2) is 70.1 Å². The summed E-state index contributed by atoms with van der Waals surface area (Å²) in [5.41, 5.74) is 8.12. The lowest BCUT2D eigenvalue weighted by Crippen LogP contribution is -2.53.